The number of H-pyrrole nitrogens is 1. The fraction of sp³-hybridized carbons (Fsp3) is 0.188. The zero-order chi connectivity index (χ0) is 17.5. The third-order valence-corrected chi connectivity index (χ3v) is 5.62. The molecule has 0 atom stereocenters. The standard InChI is InChI=1S/C16H13ClF2N2O2S/c1-2-9-5-12(18)14(21-16(9)19)8-24(22,23)15-7-20-13-6-10(17)3-4-11(13)15/h3-7,20H,2,8H2,1H3. The Labute approximate surface area is 142 Å². The van der Waals surface area contributed by atoms with Crippen molar-refractivity contribution in [3.05, 3.63) is 58.5 Å². The molecule has 0 bridgehead atoms. The molecular weight excluding hydrogens is 358 g/mol. The van der Waals surface area contributed by atoms with Crippen molar-refractivity contribution in [3.63, 3.8) is 0 Å². The number of sulfone groups is 1. The topological polar surface area (TPSA) is 62.8 Å². The third-order valence-electron chi connectivity index (χ3n) is 3.72. The van der Waals surface area contributed by atoms with E-state index in [1.165, 1.54) is 6.20 Å². The Morgan fingerprint density at radius 1 is 1.25 bits per heavy atom. The van der Waals surface area contributed by atoms with Crippen molar-refractivity contribution in [2.45, 2.75) is 24.0 Å². The highest BCUT2D eigenvalue weighted by Gasteiger charge is 2.23. The van der Waals surface area contributed by atoms with Crippen molar-refractivity contribution >= 4 is 32.3 Å². The summed E-state index contributed by atoms with van der Waals surface area (Å²) in [5.41, 5.74) is 0.213. The maximum Gasteiger partial charge on any atom is 0.216 e. The fourth-order valence-electron chi connectivity index (χ4n) is 2.48. The number of halogens is 3. The van der Waals surface area contributed by atoms with E-state index in [-0.39, 0.29) is 16.9 Å². The maximum atomic E-state index is 14.0. The molecule has 2 heterocycles. The Kier molecular flexibility index (Phi) is 4.31. The molecule has 0 saturated heterocycles. The molecule has 0 fully saturated rings. The molecule has 0 aliphatic carbocycles. The lowest BCUT2D eigenvalue weighted by molar-refractivity contribution is 0.532. The van der Waals surface area contributed by atoms with Gasteiger partial charge >= 0.3 is 0 Å². The van der Waals surface area contributed by atoms with Crippen molar-refractivity contribution in [2.75, 3.05) is 0 Å². The largest absolute Gasteiger partial charge is 0.360 e. The van der Waals surface area contributed by atoms with Crippen molar-refractivity contribution in [2.24, 2.45) is 0 Å². The lowest BCUT2D eigenvalue weighted by Gasteiger charge is -2.07. The number of hydrogen-bond acceptors (Lipinski definition) is 3. The minimum atomic E-state index is -3.91. The van der Waals surface area contributed by atoms with Crippen molar-refractivity contribution < 1.29 is 17.2 Å². The van der Waals surface area contributed by atoms with Crippen LogP contribution in [0.5, 0.6) is 0 Å². The molecule has 24 heavy (non-hydrogen) atoms. The zero-order valence-corrected chi connectivity index (χ0v) is 14.2. The van der Waals surface area contributed by atoms with E-state index in [9.17, 15) is 17.2 Å². The SMILES string of the molecule is CCc1cc(F)c(CS(=O)(=O)c2c[nH]c3cc(Cl)ccc23)nc1F. The molecule has 0 radical (unpaired) electrons. The Morgan fingerprint density at radius 3 is 2.71 bits per heavy atom. The first-order valence-corrected chi connectivity index (χ1v) is 9.18. The number of nitrogens with zero attached hydrogens (tertiary/aromatic N) is 1. The summed E-state index contributed by atoms with van der Waals surface area (Å²) in [6.07, 6.45) is 1.58. The van der Waals surface area contributed by atoms with E-state index in [4.69, 9.17) is 11.6 Å². The van der Waals surface area contributed by atoms with Crippen LogP contribution in [0.2, 0.25) is 5.02 Å². The summed E-state index contributed by atoms with van der Waals surface area (Å²) in [6, 6.07) is 5.70. The van der Waals surface area contributed by atoms with Crippen LogP contribution in [0.3, 0.4) is 0 Å². The Morgan fingerprint density at radius 2 is 2.00 bits per heavy atom. The minimum absolute atomic E-state index is 0.00431. The van der Waals surface area contributed by atoms with Gasteiger partial charge in [0.05, 0.1) is 10.6 Å². The molecule has 1 aromatic carbocycles. The maximum absolute atomic E-state index is 14.0. The summed E-state index contributed by atoms with van der Waals surface area (Å²) in [5, 5.41) is 0.892. The van der Waals surface area contributed by atoms with Crippen LogP contribution in [0, 0.1) is 11.8 Å². The van der Waals surface area contributed by atoms with Crippen LogP contribution in [0.4, 0.5) is 8.78 Å². The zero-order valence-electron chi connectivity index (χ0n) is 12.6. The monoisotopic (exact) mass is 370 g/mol. The molecule has 0 aliphatic heterocycles. The summed E-state index contributed by atoms with van der Waals surface area (Å²) < 4.78 is 53.0. The van der Waals surface area contributed by atoms with Crippen molar-refractivity contribution in [1.82, 2.24) is 9.97 Å². The van der Waals surface area contributed by atoms with Gasteiger partial charge < -0.3 is 4.98 Å². The van der Waals surface area contributed by atoms with Crippen molar-refractivity contribution in [3.8, 4) is 0 Å². The van der Waals surface area contributed by atoms with Gasteiger partial charge in [-0.15, -0.1) is 0 Å². The molecule has 3 rings (SSSR count). The molecule has 0 aliphatic rings. The highest BCUT2D eigenvalue weighted by Crippen LogP contribution is 2.28. The second-order valence-corrected chi connectivity index (χ2v) is 7.72. The molecule has 0 amide bonds. The predicted octanol–water partition coefficient (Wildman–Crippen LogP) is 4.03. The fourth-order valence-corrected chi connectivity index (χ4v) is 4.12. The number of aryl methyl sites for hydroxylation is 1. The minimum Gasteiger partial charge on any atom is -0.360 e. The molecule has 1 N–H and O–H groups in total. The van der Waals surface area contributed by atoms with E-state index in [0.717, 1.165) is 6.07 Å². The van der Waals surface area contributed by atoms with Gasteiger partial charge in [0, 0.05) is 27.7 Å². The highest BCUT2D eigenvalue weighted by molar-refractivity contribution is 7.90. The van der Waals surface area contributed by atoms with E-state index in [1.807, 2.05) is 0 Å². The van der Waals surface area contributed by atoms with Gasteiger partial charge in [0.25, 0.3) is 0 Å². The van der Waals surface area contributed by atoms with Crippen LogP contribution >= 0.6 is 11.6 Å². The Bertz CT molecular complexity index is 1030. The van der Waals surface area contributed by atoms with Gasteiger partial charge in [-0.1, -0.05) is 24.6 Å². The number of fused-ring (bicyclic) bond motifs is 1. The summed E-state index contributed by atoms with van der Waals surface area (Å²) in [5.74, 6) is -2.41. The molecule has 126 valence electrons. The lowest BCUT2D eigenvalue weighted by atomic mass is 10.2. The second kappa shape index (κ2) is 6.14. The number of nitrogens with one attached hydrogen (secondary N) is 1. The second-order valence-electron chi connectivity index (χ2n) is 5.32. The van der Waals surface area contributed by atoms with Gasteiger partial charge in [-0.25, -0.2) is 17.8 Å². The Hall–Kier alpha value is -1.99. The van der Waals surface area contributed by atoms with E-state index < -0.39 is 33.0 Å². The van der Waals surface area contributed by atoms with Crippen molar-refractivity contribution in [1.29, 1.82) is 0 Å². The van der Waals surface area contributed by atoms with Gasteiger partial charge in [0.2, 0.25) is 5.95 Å². The van der Waals surface area contributed by atoms with Crippen LogP contribution in [0.15, 0.2) is 35.4 Å². The normalized spacial score (nSPS) is 12.0. The number of benzene rings is 1. The van der Waals surface area contributed by atoms with Crippen LogP contribution in [-0.2, 0) is 22.0 Å². The smallest absolute Gasteiger partial charge is 0.216 e. The van der Waals surface area contributed by atoms with Crippen LogP contribution in [0.25, 0.3) is 10.9 Å². The van der Waals surface area contributed by atoms with Gasteiger partial charge in [0.15, 0.2) is 9.84 Å². The van der Waals surface area contributed by atoms with Crippen LogP contribution < -0.4 is 0 Å². The van der Waals surface area contributed by atoms with E-state index in [2.05, 4.69) is 9.97 Å². The molecule has 8 heteroatoms. The van der Waals surface area contributed by atoms with Gasteiger partial charge in [0.1, 0.15) is 11.6 Å². The lowest BCUT2D eigenvalue weighted by Crippen LogP contribution is -2.10. The van der Waals surface area contributed by atoms with E-state index in [0.29, 0.717) is 15.9 Å². The predicted molar refractivity (Wildman–Crippen MR) is 87.7 cm³/mol. The molecular formula is C16H13ClF2N2O2S. The summed E-state index contributed by atoms with van der Waals surface area (Å²) in [7, 11) is -3.91. The molecule has 3 aromatic rings. The number of aromatic amines is 1. The summed E-state index contributed by atoms with van der Waals surface area (Å²) in [4.78, 5) is 6.29. The number of aromatic nitrogens is 2. The van der Waals surface area contributed by atoms with E-state index >= 15 is 0 Å². The molecule has 4 nitrogen and oxygen atoms in total. The third kappa shape index (κ3) is 3.01. The average molecular weight is 371 g/mol. The average Bonchev–Trinajstić information content (AvgIpc) is 2.94. The first-order valence-electron chi connectivity index (χ1n) is 7.15. The van der Waals surface area contributed by atoms with Crippen LogP contribution in [-0.4, -0.2) is 18.4 Å². The first-order chi connectivity index (χ1) is 11.3. The number of pyridine rings is 1. The van der Waals surface area contributed by atoms with Gasteiger partial charge in [-0.05, 0) is 24.6 Å². The first kappa shape index (κ1) is 16.9. The highest BCUT2D eigenvalue weighted by atomic mass is 35.5. The number of hydrogen-bond donors (Lipinski definition) is 1. The van der Waals surface area contributed by atoms with E-state index in [1.54, 1.807) is 25.1 Å². The van der Waals surface area contributed by atoms with Gasteiger partial charge in [-0.3, -0.25) is 0 Å². The summed E-state index contributed by atoms with van der Waals surface area (Å²) in [6.45, 7) is 1.66. The molecule has 0 unspecified atom stereocenters. The molecule has 0 spiro atoms. The molecule has 2 aromatic heterocycles. The molecule has 0 saturated carbocycles. The van der Waals surface area contributed by atoms with Crippen LogP contribution in [0.1, 0.15) is 18.2 Å². The quantitative estimate of drug-likeness (QED) is 0.705. The van der Waals surface area contributed by atoms with Gasteiger partial charge in [-0.2, -0.15) is 4.39 Å². The summed E-state index contributed by atoms with van der Waals surface area (Å²) >= 11 is 5.87. The number of rotatable bonds is 4. The Balaban J connectivity index is 2.04.